The molecule has 0 spiro atoms. The fraction of sp³-hybridized carbons (Fsp3) is 0.571. The number of hydrogen-bond donors (Lipinski definition) is 0. The molecule has 0 aromatic rings. The molecular weight excluding hydrogens is 248 g/mol. The number of halogens is 1. The van der Waals surface area contributed by atoms with Crippen molar-refractivity contribution in [3.8, 4) is 0 Å². The van der Waals surface area contributed by atoms with Crippen molar-refractivity contribution < 1.29 is 0 Å². The Hall–Kier alpha value is -0.300. The quantitative estimate of drug-likeness (QED) is 0.417. The van der Waals surface area contributed by atoms with E-state index in [0.29, 0.717) is 5.92 Å². The fourth-order valence-corrected chi connectivity index (χ4v) is 1.46. The maximum atomic E-state index is 3.81. The second kappa shape index (κ2) is 8.96. The van der Waals surface area contributed by atoms with Gasteiger partial charge in [-0.2, -0.15) is 0 Å². The largest absolute Gasteiger partial charge is 0.0847 e. The van der Waals surface area contributed by atoms with Crippen LogP contribution in [0.2, 0.25) is 0 Å². The molecule has 15 heavy (non-hydrogen) atoms. The normalized spacial score (nSPS) is 14.5. The third-order valence-corrected chi connectivity index (χ3v) is 2.84. The van der Waals surface area contributed by atoms with Gasteiger partial charge in [0.15, 0.2) is 0 Å². The standard InChI is InChI=1S/C14H23Br/c1-5-7-8-9-14(12(3)6-2)11-10-13(4)15/h9-12H,4-8H2,1-3H3/b11-10-,14-9+/t12-/m1/s1. The van der Waals surface area contributed by atoms with E-state index >= 15 is 0 Å². The second-order valence-corrected chi connectivity index (χ2v) is 4.95. The molecule has 0 nitrogen and oxygen atoms in total. The van der Waals surface area contributed by atoms with Crippen LogP contribution in [0.15, 0.2) is 34.9 Å². The van der Waals surface area contributed by atoms with Gasteiger partial charge in [0.25, 0.3) is 0 Å². The Balaban J connectivity index is 4.43. The van der Waals surface area contributed by atoms with Crippen molar-refractivity contribution in [3.05, 3.63) is 34.9 Å². The Morgan fingerprint density at radius 1 is 1.33 bits per heavy atom. The van der Waals surface area contributed by atoms with Crippen molar-refractivity contribution in [2.45, 2.75) is 46.5 Å². The average Bonchev–Trinajstić information content (AvgIpc) is 2.21. The van der Waals surface area contributed by atoms with E-state index in [4.69, 9.17) is 0 Å². The first-order valence-electron chi connectivity index (χ1n) is 5.84. The van der Waals surface area contributed by atoms with E-state index in [-0.39, 0.29) is 0 Å². The lowest BCUT2D eigenvalue weighted by Gasteiger charge is -2.10. The summed E-state index contributed by atoms with van der Waals surface area (Å²) in [6, 6.07) is 0. The van der Waals surface area contributed by atoms with E-state index in [1.54, 1.807) is 0 Å². The van der Waals surface area contributed by atoms with Crippen molar-refractivity contribution in [1.29, 1.82) is 0 Å². The Morgan fingerprint density at radius 3 is 2.47 bits per heavy atom. The molecule has 0 aliphatic heterocycles. The smallest absolute Gasteiger partial charge is 0.0103 e. The summed E-state index contributed by atoms with van der Waals surface area (Å²) in [5, 5.41) is 0. The average molecular weight is 271 g/mol. The van der Waals surface area contributed by atoms with Crippen LogP contribution in [0.1, 0.15) is 46.5 Å². The monoisotopic (exact) mass is 270 g/mol. The molecule has 0 bridgehead atoms. The molecule has 0 heterocycles. The molecule has 0 rings (SSSR count). The third kappa shape index (κ3) is 7.61. The van der Waals surface area contributed by atoms with Crippen molar-refractivity contribution in [2.75, 3.05) is 0 Å². The zero-order valence-electron chi connectivity index (χ0n) is 10.2. The van der Waals surface area contributed by atoms with E-state index in [1.807, 2.05) is 6.08 Å². The lowest BCUT2D eigenvalue weighted by molar-refractivity contribution is 0.663. The van der Waals surface area contributed by atoms with Crippen molar-refractivity contribution in [1.82, 2.24) is 0 Å². The zero-order valence-corrected chi connectivity index (χ0v) is 11.8. The molecule has 0 radical (unpaired) electrons. The number of allylic oxidation sites excluding steroid dienone is 5. The number of unbranched alkanes of at least 4 members (excludes halogenated alkanes) is 2. The Bertz CT molecular complexity index is 236. The molecule has 0 N–H and O–H groups in total. The summed E-state index contributed by atoms with van der Waals surface area (Å²) in [5.41, 5.74) is 1.44. The van der Waals surface area contributed by atoms with Gasteiger partial charge in [-0.3, -0.25) is 0 Å². The van der Waals surface area contributed by atoms with Crippen LogP contribution >= 0.6 is 15.9 Å². The van der Waals surface area contributed by atoms with E-state index in [0.717, 1.165) is 4.48 Å². The molecule has 0 aromatic heterocycles. The van der Waals surface area contributed by atoms with Crippen LogP contribution in [0.4, 0.5) is 0 Å². The maximum absolute atomic E-state index is 3.81. The summed E-state index contributed by atoms with van der Waals surface area (Å²) >= 11 is 3.35. The van der Waals surface area contributed by atoms with Gasteiger partial charge in [-0.15, -0.1) is 0 Å². The molecule has 0 saturated heterocycles. The third-order valence-electron chi connectivity index (χ3n) is 2.58. The molecule has 0 unspecified atom stereocenters. The SMILES string of the molecule is C=C(Br)/C=C\C(=C/CCCC)[C@H](C)CC. The fourth-order valence-electron chi connectivity index (χ4n) is 1.33. The van der Waals surface area contributed by atoms with Gasteiger partial charge in [0, 0.05) is 4.48 Å². The topological polar surface area (TPSA) is 0 Å². The van der Waals surface area contributed by atoms with Crippen molar-refractivity contribution in [3.63, 3.8) is 0 Å². The molecule has 1 atom stereocenters. The zero-order chi connectivity index (χ0) is 11.7. The van der Waals surface area contributed by atoms with Gasteiger partial charge < -0.3 is 0 Å². The van der Waals surface area contributed by atoms with Gasteiger partial charge in [-0.1, -0.05) is 68.3 Å². The number of hydrogen-bond acceptors (Lipinski definition) is 0. The Kier molecular flexibility index (Phi) is 8.79. The molecule has 0 amide bonds. The molecule has 86 valence electrons. The molecule has 0 fully saturated rings. The van der Waals surface area contributed by atoms with Crippen molar-refractivity contribution >= 4 is 15.9 Å². The highest BCUT2D eigenvalue weighted by molar-refractivity contribution is 9.11. The minimum absolute atomic E-state index is 0.643. The van der Waals surface area contributed by atoms with Crippen molar-refractivity contribution in [2.24, 2.45) is 5.92 Å². The second-order valence-electron chi connectivity index (χ2n) is 3.94. The van der Waals surface area contributed by atoms with Crippen LogP contribution in [0, 0.1) is 5.92 Å². The summed E-state index contributed by atoms with van der Waals surface area (Å²) in [7, 11) is 0. The predicted molar refractivity (Wildman–Crippen MR) is 74.3 cm³/mol. The van der Waals surface area contributed by atoms with Gasteiger partial charge in [-0.25, -0.2) is 0 Å². The van der Waals surface area contributed by atoms with Crippen LogP contribution in [-0.2, 0) is 0 Å². The Morgan fingerprint density at radius 2 is 2.00 bits per heavy atom. The molecule has 0 aromatic carbocycles. The summed E-state index contributed by atoms with van der Waals surface area (Å²) in [6.45, 7) is 10.5. The van der Waals surface area contributed by atoms with Gasteiger partial charge >= 0.3 is 0 Å². The predicted octanol–water partition coefficient (Wildman–Crippen LogP) is 5.61. The van der Waals surface area contributed by atoms with E-state index in [1.165, 1.54) is 31.3 Å². The lowest BCUT2D eigenvalue weighted by Crippen LogP contribution is -1.95. The first-order chi connectivity index (χ1) is 7.11. The van der Waals surface area contributed by atoms with E-state index in [9.17, 15) is 0 Å². The molecule has 0 aliphatic rings. The number of rotatable bonds is 7. The highest BCUT2D eigenvalue weighted by atomic mass is 79.9. The molecule has 1 heteroatoms. The van der Waals surface area contributed by atoms with E-state index in [2.05, 4.69) is 55.4 Å². The highest BCUT2D eigenvalue weighted by Crippen LogP contribution is 2.18. The highest BCUT2D eigenvalue weighted by Gasteiger charge is 2.02. The molecule has 0 saturated carbocycles. The summed E-state index contributed by atoms with van der Waals surface area (Å²) in [4.78, 5) is 0. The maximum Gasteiger partial charge on any atom is 0.0103 e. The molecular formula is C14H23Br. The van der Waals surface area contributed by atoms with Crippen LogP contribution in [0.25, 0.3) is 0 Å². The summed E-state index contributed by atoms with van der Waals surface area (Å²) in [5.74, 6) is 0.643. The lowest BCUT2D eigenvalue weighted by atomic mass is 9.96. The van der Waals surface area contributed by atoms with E-state index < -0.39 is 0 Å². The molecule has 0 aliphatic carbocycles. The first kappa shape index (κ1) is 14.7. The van der Waals surface area contributed by atoms with Crippen LogP contribution in [0.5, 0.6) is 0 Å². The van der Waals surface area contributed by atoms with Gasteiger partial charge in [0.2, 0.25) is 0 Å². The van der Waals surface area contributed by atoms with Gasteiger partial charge in [0.1, 0.15) is 0 Å². The summed E-state index contributed by atoms with van der Waals surface area (Å²) in [6.07, 6.45) is 11.5. The minimum Gasteiger partial charge on any atom is -0.0847 e. The van der Waals surface area contributed by atoms with Gasteiger partial charge in [0.05, 0.1) is 0 Å². The Labute approximate surface area is 103 Å². The minimum atomic E-state index is 0.643. The first-order valence-corrected chi connectivity index (χ1v) is 6.63. The van der Waals surface area contributed by atoms with Crippen LogP contribution in [0.3, 0.4) is 0 Å². The van der Waals surface area contributed by atoms with Gasteiger partial charge in [-0.05, 0) is 30.4 Å². The van der Waals surface area contributed by atoms with Crippen LogP contribution < -0.4 is 0 Å². The van der Waals surface area contributed by atoms with Crippen LogP contribution in [-0.4, -0.2) is 0 Å². The summed E-state index contributed by atoms with van der Waals surface area (Å²) < 4.78 is 0.937.